The van der Waals surface area contributed by atoms with Crippen molar-refractivity contribution >= 4 is 11.7 Å². The molecule has 1 aromatic rings. The second-order valence-corrected chi connectivity index (χ2v) is 4.84. The van der Waals surface area contributed by atoms with Crippen LogP contribution in [0.25, 0.3) is 0 Å². The number of nitrogen functional groups attached to an aromatic ring is 1. The third-order valence-electron chi connectivity index (χ3n) is 3.60. The Morgan fingerprint density at radius 1 is 1.65 bits per heavy atom. The first kappa shape index (κ1) is 14.4. The zero-order valence-electron chi connectivity index (χ0n) is 10.8. The molecular weight excluding hydrogens is 268 g/mol. The van der Waals surface area contributed by atoms with E-state index >= 15 is 0 Å². The molecule has 6 N–H and O–H groups in total. The van der Waals surface area contributed by atoms with Crippen molar-refractivity contribution in [1.82, 2.24) is 9.55 Å². The predicted molar refractivity (Wildman–Crippen MR) is 67.2 cm³/mol. The van der Waals surface area contributed by atoms with Crippen LogP contribution in [-0.2, 0) is 9.53 Å². The average molecular weight is 284 g/mol. The lowest BCUT2D eigenvalue weighted by Gasteiger charge is -2.29. The van der Waals surface area contributed by atoms with Crippen molar-refractivity contribution in [3.8, 4) is 0 Å². The Kier molecular flexibility index (Phi) is 3.50. The standard InChI is InChI=1S/C11H16N4O5/c1-11(8(13)18)7(17)5(4-16)20-9(11)15-3-2-6(12)14-10(15)19/h2-3,5,7,9,16-17H,4H2,1H3,(H2,13,18)(H2,12,14,19)/t5-,7-,9-,11+/m1/s1. The predicted octanol–water partition coefficient (Wildman–Crippen LogP) is -2.43. The topological polar surface area (TPSA) is 154 Å². The summed E-state index contributed by atoms with van der Waals surface area (Å²) < 4.78 is 6.40. The van der Waals surface area contributed by atoms with E-state index in [-0.39, 0.29) is 5.82 Å². The van der Waals surface area contributed by atoms with Crippen molar-refractivity contribution in [3.05, 3.63) is 22.7 Å². The molecular formula is C11H16N4O5. The summed E-state index contributed by atoms with van der Waals surface area (Å²) in [6.07, 6.45) is -2.25. The van der Waals surface area contributed by atoms with Crippen molar-refractivity contribution in [1.29, 1.82) is 0 Å². The van der Waals surface area contributed by atoms with E-state index in [1.54, 1.807) is 0 Å². The number of nitrogens with two attached hydrogens (primary N) is 2. The second-order valence-electron chi connectivity index (χ2n) is 4.84. The fraction of sp³-hybridized carbons (Fsp3) is 0.545. The number of carbonyl (C=O) groups is 1. The van der Waals surface area contributed by atoms with Crippen LogP contribution in [0.2, 0.25) is 0 Å². The van der Waals surface area contributed by atoms with Crippen molar-refractivity contribution in [2.45, 2.75) is 25.4 Å². The number of anilines is 1. The Morgan fingerprint density at radius 3 is 2.80 bits per heavy atom. The van der Waals surface area contributed by atoms with Crippen LogP contribution in [0.5, 0.6) is 0 Å². The van der Waals surface area contributed by atoms with Crippen LogP contribution in [0.3, 0.4) is 0 Å². The SMILES string of the molecule is C[C@@]1(C(N)=O)[C@H](O)[C@@H](CO)O[C@H]1n1ccc(N)nc1=O. The quantitative estimate of drug-likeness (QED) is 0.481. The molecule has 0 bridgehead atoms. The normalized spacial score (nSPS) is 33.2. The lowest BCUT2D eigenvalue weighted by molar-refractivity contribution is -0.137. The lowest BCUT2D eigenvalue weighted by Crippen LogP contribution is -2.49. The first-order valence-electron chi connectivity index (χ1n) is 5.91. The molecule has 2 heterocycles. The third kappa shape index (κ3) is 1.96. The molecule has 0 aliphatic carbocycles. The molecule has 1 saturated heterocycles. The van der Waals surface area contributed by atoms with Crippen LogP contribution >= 0.6 is 0 Å². The summed E-state index contributed by atoms with van der Waals surface area (Å²) in [5.41, 5.74) is 8.40. The molecule has 0 spiro atoms. The fourth-order valence-electron chi connectivity index (χ4n) is 2.28. The molecule has 0 radical (unpaired) electrons. The highest BCUT2D eigenvalue weighted by Gasteiger charge is 2.58. The molecule has 20 heavy (non-hydrogen) atoms. The monoisotopic (exact) mass is 284 g/mol. The summed E-state index contributed by atoms with van der Waals surface area (Å²) >= 11 is 0. The Bertz CT molecular complexity index is 588. The second kappa shape index (κ2) is 4.85. The van der Waals surface area contributed by atoms with Gasteiger partial charge >= 0.3 is 5.69 Å². The molecule has 9 heteroatoms. The number of aromatic nitrogens is 2. The number of hydrogen-bond donors (Lipinski definition) is 4. The lowest BCUT2D eigenvalue weighted by atomic mass is 9.81. The van der Waals surface area contributed by atoms with Crippen LogP contribution in [0, 0.1) is 5.41 Å². The maximum Gasteiger partial charge on any atom is 0.351 e. The summed E-state index contributed by atoms with van der Waals surface area (Å²) in [5.74, 6) is -0.834. The van der Waals surface area contributed by atoms with Gasteiger partial charge in [0.25, 0.3) is 0 Å². The van der Waals surface area contributed by atoms with Gasteiger partial charge in [-0.15, -0.1) is 0 Å². The van der Waals surface area contributed by atoms with E-state index in [0.717, 1.165) is 4.57 Å². The van der Waals surface area contributed by atoms with E-state index < -0.39 is 42.1 Å². The molecule has 1 aromatic heterocycles. The van der Waals surface area contributed by atoms with Gasteiger partial charge in [0, 0.05) is 6.20 Å². The summed E-state index contributed by atoms with van der Waals surface area (Å²) in [6, 6.07) is 1.35. The minimum atomic E-state index is -1.57. The van der Waals surface area contributed by atoms with E-state index in [1.165, 1.54) is 19.2 Å². The van der Waals surface area contributed by atoms with Crippen LogP contribution < -0.4 is 17.2 Å². The highest BCUT2D eigenvalue weighted by molar-refractivity contribution is 5.82. The number of ether oxygens (including phenoxy) is 1. The maximum atomic E-state index is 11.8. The first-order valence-corrected chi connectivity index (χ1v) is 5.91. The summed E-state index contributed by atoms with van der Waals surface area (Å²) in [6.45, 7) is 0.848. The van der Waals surface area contributed by atoms with E-state index in [9.17, 15) is 14.7 Å². The summed E-state index contributed by atoms with van der Waals surface area (Å²) in [5, 5.41) is 19.3. The van der Waals surface area contributed by atoms with Crippen molar-refractivity contribution in [2.75, 3.05) is 12.3 Å². The van der Waals surface area contributed by atoms with Crippen molar-refractivity contribution in [2.24, 2.45) is 11.1 Å². The van der Waals surface area contributed by atoms with Crippen LogP contribution in [0.15, 0.2) is 17.1 Å². The minimum absolute atomic E-state index is 0.0179. The van der Waals surface area contributed by atoms with Gasteiger partial charge in [0.2, 0.25) is 5.91 Å². The molecule has 1 fully saturated rings. The molecule has 1 aliphatic heterocycles. The number of carbonyl (C=O) groups excluding carboxylic acids is 1. The van der Waals surface area contributed by atoms with Crippen LogP contribution in [0.4, 0.5) is 5.82 Å². The number of amides is 1. The fourth-order valence-corrected chi connectivity index (χ4v) is 2.28. The highest BCUT2D eigenvalue weighted by Crippen LogP contribution is 2.44. The van der Waals surface area contributed by atoms with E-state index in [1.807, 2.05) is 0 Å². The molecule has 0 saturated carbocycles. The van der Waals surface area contributed by atoms with Gasteiger partial charge in [-0.2, -0.15) is 4.98 Å². The van der Waals surface area contributed by atoms with E-state index in [4.69, 9.17) is 21.3 Å². The van der Waals surface area contributed by atoms with E-state index in [0.29, 0.717) is 0 Å². The Morgan fingerprint density at radius 2 is 2.30 bits per heavy atom. The minimum Gasteiger partial charge on any atom is -0.394 e. The summed E-state index contributed by atoms with van der Waals surface area (Å²) in [7, 11) is 0. The summed E-state index contributed by atoms with van der Waals surface area (Å²) in [4.78, 5) is 27.1. The maximum absolute atomic E-state index is 11.8. The molecule has 4 atom stereocenters. The highest BCUT2D eigenvalue weighted by atomic mass is 16.5. The van der Waals surface area contributed by atoms with Crippen molar-refractivity contribution in [3.63, 3.8) is 0 Å². The number of hydrogen-bond acceptors (Lipinski definition) is 7. The number of primary amides is 1. The van der Waals surface area contributed by atoms with Crippen LogP contribution in [0.1, 0.15) is 13.2 Å². The van der Waals surface area contributed by atoms with Gasteiger partial charge in [-0.25, -0.2) is 4.79 Å². The third-order valence-corrected chi connectivity index (χ3v) is 3.60. The number of aliphatic hydroxyl groups is 2. The van der Waals surface area contributed by atoms with Gasteiger partial charge in [0.15, 0.2) is 6.23 Å². The zero-order valence-corrected chi connectivity index (χ0v) is 10.8. The molecule has 1 aliphatic rings. The Hall–Kier alpha value is -1.97. The van der Waals surface area contributed by atoms with E-state index in [2.05, 4.69) is 4.98 Å². The van der Waals surface area contributed by atoms with Gasteiger partial charge in [-0.05, 0) is 13.0 Å². The molecule has 110 valence electrons. The number of nitrogens with zero attached hydrogens (tertiary/aromatic N) is 2. The smallest absolute Gasteiger partial charge is 0.351 e. The van der Waals surface area contributed by atoms with Gasteiger partial charge < -0.3 is 26.4 Å². The molecule has 0 unspecified atom stereocenters. The largest absolute Gasteiger partial charge is 0.394 e. The number of aliphatic hydroxyl groups excluding tert-OH is 2. The zero-order chi connectivity index (χ0) is 15.1. The molecule has 0 aromatic carbocycles. The van der Waals surface area contributed by atoms with Crippen LogP contribution in [-0.4, -0.2) is 44.5 Å². The molecule has 9 nitrogen and oxygen atoms in total. The molecule has 1 amide bonds. The van der Waals surface area contributed by atoms with Gasteiger partial charge in [-0.3, -0.25) is 9.36 Å². The molecule has 2 rings (SSSR count). The number of rotatable bonds is 3. The van der Waals surface area contributed by atoms with Crippen molar-refractivity contribution < 1.29 is 19.7 Å². The van der Waals surface area contributed by atoms with Gasteiger partial charge in [0.1, 0.15) is 23.4 Å². The van der Waals surface area contributed by atoms with Gasteiger partial charge in [-0.1, -0.05) is 0 Å². The van der Waals surface area contributed by atoms with Gasteiger partial charge in [0.05, 0.1) is 6.61 Å². The first-order chi connectivity index (χ1) is 9.32. The average Bonchev–Trinajstić information content (AvgIpc) is 2.64. The Labute approximate surface area is 113 Å². The Balaban J connectivity index is 2.53.